The van der Waals surface area contributed by atoms with Gasteiger partial charge in [-0.2, -0.15) is 0 Å². The van der Waals surface area contributed by atoms with Crippen molar-refractivity contribution < 1.29 is 9.63 Å². The first kappa shape index (κ1) is 14.4. The van der Waals surface area contributed by atoms with Gasteiger partial charge in [0.05, 0.1) is 6.61 Å². The summed E-state index contributed by atoms with van der Waals surface area (Å²) in [6, 6.07) is 0. The van der Waals surface area contributed by atoms with Gasteiger partial charge in [-0.25, -0.2) is 5.06 Å². The van der Waals surface area contributed by atoms with E-state index in [1.807, 2.05) is 6.92 Å². The van der Waals surface area contributed by atoms with Crippen LogP contribution in [0, 0.1) is 0 Å². The van der Waals surface area contributed by atoms with Crippen LogP contribution in [0.1, 0.15) is 58.8 Å². The zero-order valence-corrected chi connectivity index (χ0v) is 10.4. The van der Waals surface area contributed by atoms with Crippen LogP contribution in [-0.4, -0.2) is 24.6 Å². The van der Waals surface area contributed by atoms with E-state index < -0.39 is 0 Å². The van der Waals surface area contributed by atoms with Crippen LogP contribution in [-0.2, 0) is 9.63 Å². The van der Waals surface area contributed by atoms with Crippen molar-refractivity contribution in [3.8, 4) is 0 Å². The van der Waals surface area contributed by atoms with Gasteiger partial charge in [-0.1, -0.05) is 46.0 Å². The molecule has 1 amide bonds. The molecule has 3 nitrogen and oxygen atoms in total. The van der Waals surface area contributed by atoms with Gasteiger partial charge in [-0.3, -0.25) is 9.63 Å². The first-order chi connectivity index (χ1) is 7.22. The summed E-state index contributed by atoms with van der Waals surface area (Å²) in [7, 11) is 1.68. The lowest BCUT2D eigenvalue weighted by molar-refractivity contribution is -0.178. The topological polar surface area (TPSA) is 29.5 Å². The Labute approximate surface area is 93.7 Å². The molecule has 0 aromatic carbocycles. The molecule has 3 heteroatoms. The number of hydrogen-bond donors (Lipinski definition) is 0. The minimum Gasteiger partial charge on any atom is -0.273 e. The predicted octanol–water partition coefficient (Wildman–Crippen LogP) is 3.15. The van der Waals surface area contributed by atoms with Crippen LogP contribution in [0.5, 0.6) is 0 Å². The molecule has 0 heterocycles. The molecular formula is C12H25NO2. The maximum absolute atomic E-state index is 11.1. The van der Waals surface area contributed by atoms with E-state index in [2.05, 4.69) is 6.92 Å². The zero-order chi connectivity index (χ0) is 11.5. The van der Waals surface area contributed by atoms with Gasteiger partial charge >= 0.3 is 0 Å². The van der Waals surface area contributed by atoms with E-state index >= 15 is 0 Å². The molecule has 15 heavy (non-hydrogen) atoms. The van der Waals surface area contributed by atoms with Gasteiger partial charge in [-0.15, -0.1) is 0 Å². The second-order valence-electron chi connectivity index (χ2n) is 3.85. The van der Waals surface area contributed by atoms with Crippen molar-refractivity contribution in [3.63, 3.8) is 0 Å². The first-order valence-electron chi connectivity index (χ1n) is 6.11. The van der Waals surface area contributed by atoms with Gasteiger partial charge < -0.3 is 0 Å². The number of hydrogen-bond acceptors (Lipinski definition) is 2. The standard InChI is InChI=1S/C12H25NO2/c1-4-6-7-8-9-10-11-15-13(3)12(14)5-2/h4-11H2,1-3H3. The molecule has 0 bridgehead atoms. The molecule has 0 aliphatic carbocycles. The minimum atomic E-state index is 0.0426. The molecule has 0 aliphatic rings. The van der Waals surface area contributed by atoms with Crippen LogP contribution in [0.3, 0.4) is 0 Å². The van der Waals surface area contributed by atoms with Crippen LogP contribution in [0.15, 0.2) is 0 Å². The first-order valence-corrected chi connectivity index (χ1v) is 6.11. The van der Waals surface area contributed by atoms with Crippen LogP contribution in [0.25, 0.3) is 0 Å². The van der Waals surface area contributed by atoms with E-state index in [1.54, 1.807) is 7.05 Å². The summed E-state index contributed by atoms with van der Waals surface area (Å²) in [5, 5.41) is 1.35. The van der Waals surface area contributed by atoms with Crippen molar-refractivity contribution >= 4 is 5.91 Å². The van der Waals surface area contributed by atoms with Gasteiger partial charge in [0, 0.05) is 13.5 Å². The Balaban J connectivity index is 3.20. The molecule has 0 radical (unpaired) electrons. The number of rotatable bonds is 9. The Morgan fingerprint density at radius 1 is 1.07 bits per heavy atom. The third-order valence-corrected chi connectivity index (χ3v) is 2.44. The highest BCUT2D eigenvalue weighted by Gasteiger charge is 2.04. The number of carbonyl (C=O) groups is 1. The lowest BCUT2D eigenvalue weighted by atomic mass is 10.1. The van der Waals surface area contributed by atoms with Crippen molar-refractivity contribution in [2.24, 2.45) is 0 Å². The number of hydroxylamine groups is 2. The molecule has 0 saturated heterocycles. The SMILES string of the molecule is CCCCCCCCON(C)C(=O)CC. The number of carbonyl (C=O) groups excluding carboxylic acids is 1. The van der Waals surface area contributed by atoms with E-state index in [4.69, 9.17) is 4.84 Å². The normalized spacial score (nSPS) is 10.3. The summed E-state index contributed by atoms with van der Waals surface area (Å²) < 4.78 is 0. The van der Waals surface area contributed by atoms with Crippen molar-refractivity contribution in [2.45, 2.75) is 58.8 Å². The highest BCUT2D eigenvalue weighted by molar-refractivity contribution is 5.74. The van der Waals surface area contributed by atoms with E-state index in [1.165, 1.54) is 37.2 Å². The largest absolute Gasteiger partial charge is 0.273 e. The number of amides is 1. The zero-order valence-electron chi connectivity index (χ0n) is 10.4. The van der Waals surface area contributed by atoms with E-state index in [9.17, 15) is 4.79 Å². The average molecular weight is 215 g/mol. The Kier molecular flexibility index (Phi) is 9.59. The lowest BCUT2D eigenvalue weighted by Crippen LogP contribution is -2.26. The maximum atomic E-state index is 11.1. The monoisotopic (exact) mass is 215 g/mol. The fraction of sp³-hybridized carbons (Fsp3) is 0.917. The van der Waals surface area contributed by atoms with Crippen molar-refractivity contribution in [2.75, 3.05) is 13.7 Å². The third kappa shape index (κ3) is 8.43. The Morgan fingerprint density at radius 2 is 1.67 bits per heavy atom. The molecule has 0 aromatic heterocycles. The molecule has 90 valence electrons. The fourth-order valence-corrected chi connectivity index (χ4v) is 1.38. The third-order valence-electron chi connectivity index (χ3n) is 2.44. The molecular weight excluding hydrogens is 190 g/mol. The Hall–Kier alpha value is -0.570. The second-order valence-corrected chi connectivity index (χ2v) is 3.85. The molecule has 0 aliphatic heterocycles. The molecule has 0 saturated carbocycles. The molecule has 0 fully saturated rings. The van der Waals surface area contributed by atoms with Crippen molar-refractivity contribution in [3.05, 3.63) is 0 Å². The maximum Gasteiger partial charge on any atom is 0.245 e. The van der Waals surface area contributed by atoms with E-state index in [-0.39, 0.29) is 5.91 Å². The van der Waals surface area contributed by atoms with Gasteiger partial charge in [0.25, 0.3) is 0 Å². The second kappa shape index (κ2) is 9.97. The van der Waals surface area contributed by atoms with E-state index in [0.717, 1.165) is 6.42 Å². The van der Waals surface area contributed by atoms with Gasteiger partial charge in [0.15, 0.2) is 0 Å². The van der Waals surface area contributed by atoms with Crippen LogP contribution < -0.4 is 0 Å². The number of nitrogens with zero attached hydrogens (tertiary/aromatic N) is 1. The highest BCUT2D eigenvalue weighted by Crippen LogP contribution is 2.05. The van der Waals surface area contributed by atoms with Crippen LogP contribution >= 0.6 is 0 Å². The van der Waals surface area contributed by atoms with Gasteiger partial charge in [0.1, 0.15) is 0 Å². The summed E-state index contributed by atoms with van der Waals surface area (Å²) >= 11 is 0. The summed E-state index contributed by atoms with van der Waals surface area (Å²) in [4.78, 5) is 16.4. The predicted molar refractivity (Wildman–Crippen MR) is 62.4 cm³/mol. The molecule has 0 spiro atoms. The molecule has 0 unspecified atom stereocenters. The summed E-state index contributed by atoms with van der Waals surface area (Å²) in [5.41, 5.74) is 0. The van der Waals surface area contributed by atoms with E-state index in [0.29, 0.717) is 13.0 Å². The summed E-state index contributed by atoms with van der Waals surface area (Å²) in [5.74, 6) is 0.0426. The van der Waals surface area contributed by atoms with Gasteiger partial charge in [-0.05, 0) is 6.42 Å². The number of unbranched alkanes of at least 4 members (excludes halogenated alkanes) is 5. The lowest BCUT2D eigenvalue weighted by Gasteiger charge is -2.15. The van der Waals surface area contributed by atoms with Gasteiger partial charge in [0.2, 0.25) is 5.91 Å². The van der Waals surface area contributed by atoms with Crippen molar-refractivity contribution in [1.82, 2.24) is 5.06 Å². The Bertz CT molecular complexity index is 160. The quantitative estimate of drug-likeness (QED) is 0.437. The molecule has 0 N–H and O–H groups in total. The highest BCUT2D eigenvalue weighted by atomic mass is 16.7. The van der Waals surface area contributed by atoms with Crippen molar-refractivity contribution in [1.29, 1.82) is 0 Å². The van der Waals surface area contributed by atoms with Crippen LogP contribution in [0.4, 0.5) is 0 Å². The Morgan fingerprint density at radius 3 is 2.27 bits per heavy atom. The summed E-state index contributed by atoms with van der Waals surface area (Å²) in [6.07, 6.45) is 7.97. The smallest absolute Gasteiger partial charge is 0.245 e. The fourth-order valence-electron chi connectivity index (χ4n) is 1.38. The average Bonchev–Trinajstić information content (AvgIpc) is 2.26. The van der Waals surface area contributed by atoms with Crippen LogP contribution in [0.2, 0.25) is 0 Å². The minimum absolute atomic E-state index is 0.0426. The molecule has 0 atom stereocenters. The molecule has 0 aromatic rings. The summed E-state index contributed by atoms with van der Waals surface area (Å²) in [6.45, 7) is 4.72. The molecule has 0 rings (SSSR count).